The third kappa shape index (κ3) is 16.4. The average Bonchev–Trinajstić information content (AvgIpc) is 3.33. The maximum atomic E-state index is 14.3. The van der Waals surface area contributed by atoms with Crippen molar-refractivity contribution in [3.05, 3.63) is 47.6 Å². The molecule has 1 saturated carbocycles. The lowest BCUT2D eigenvalue weighted by molar-refractivity contribution is -0.265. The van der Waals surface area contributed by atoms with E-state index in [1.165, 1.54) is 18.9 Å². The van der Waals surface area contributed by atoms with E-state index in [-0.39, 0.29) is 66.8 Å². The lowest BCUT2D eigenvalue weighted by atomic mass is 9.78. The van der Waals surface area contributed by atoms with E-state index in [1.54, 1.807) is 41.1 Å². The number of esters is 1. The van der Waals surface area contributed by atoms with Crippen LogP contribution in [0.3, 0.4) is 0 Å². The largest absolute Gasteiger partial charge is 0.461 e. The molecule has 0 spiro atoms. The molecular formula is C55H85NO14. The summed E-state index contributed by atoms with van der Waals surface area (Å²) in [7, 11) is 4.61. The first-order valence-electron chi connectivity index (χ1n) is 25.7. The Morgan fingerprint density at radius 2 is 1.61 bits per heavy atom. The summed E-state index contributed by atoms with van der Waals surface area (Å²) in [5.41, 5.74) is 1.28. The number of nitrogens with zero attached hydrogens (tertiary/aromatic N) is 1. The van der Waals surface area contributed by atoms with Crippen LogP contribution in [0.15, 0.2) is 47.6 Å². The van der Waals surface area contributed by atoms with Crippen LogP contribution < -0.4 is 0 Å². The quantitative estimate of drug-likeness (QED) is 0.128. The Morgan fingerprint density at radius 3 is 2.29 bits per heavy atom. The molecule has 4 rings (SSSR count). The molecule has 2 saturated heterocycles. The maximum Gasteiger partial charge on any atom is 0.311 e. The Morgan fingerprint density at radius 1 is 0.886 bits per heavy atom. The molecule has 394 valence electrons. The third-order valence-electron chi connectivity index (χ3n) is 15.2. The van der Waals surface area contributed by atoms with Crippen molar-refractivity contribution in [3.8, 4) is 0 Å². The standard InChI is InChI=1S/C55H85NO14/c1-33-16-13-12-14-17-34(2)46(65-9)30-43-21-19-39(7)55(64,70-43)52(61)53(62)56-24-15-18-42(32-56)54(63)69-47(36(4)28-41-20-22-45(48(29-41)66-10)68-25-23-40(8)57)31-44(58)35(3)27-38(6)50(60)51(67-11)49(59)37(5)26-33/h12-14,16-17,27,33,35-37,39,41-43,45-48,50-51,60,64H,15,18-26,28-32H2,1-11H3/b14-12+,16-13+,34-17?,38-27+/t33-,35-,36?,37-,39-,41+,42?,43+,45-,46+,47+,48-,50+,51+,55-/m1/s1. The minimum atomic E-state index is -2.38. The molecule has 70 heavy (non-hydrogen) atoms. The van der Waals surface area contributed by atoms with Crippen molar-refractivity contribution in [3.63, 3.8) is 0 Å². The minimum Gasteiger partial charge on any atom is -0.461 e. The molecule has 15 heteroatoms. The van der Waals surface area contributed by atoms with E-state index in [0.29, 0.717) is 76.4 Å². The molecule has 15 nitrogen and oxygen atoms in total. The molecule has 0 aromatic rings. The number of allylic oxidation sites excluding steroid dienone is 6. The fourth-order valence-electron chi connectivity index (χ4n) is 10.6. The SMILES string of the molecule is CO[C@H]1C[C@@H]2CC[C@@H](C)[C@@](O)(O2)C(=O)C(=O)N2CCCC(C2)C(=O)O[C@H](C(C)C[C@@H]2CC[C@@H](OCCC(C)=O)[C@H](OC)C2)CC(=O)[C@H](C)/C=C(\C)[C@H](O)[C@@H](OC)C(=O)[C@H](C)C[C@H](C)/C=C/C=C/C=C1C. The van der Waals surface area contributed by atoms with Crippen molar-refractivity contribution >= 4 is 35.0 Å². The first-order valence-corrected chi connectivity index (χ1v) is 25.7. The highest BCUT2D eigenvalue weighted by Crippen LogP contribution is 2.38. The van der Waals surface area contributed by atoms with Gasteiger partial charge in [-0.3, -0.25) is 28.8 Å². The second-order valence-corrected chi connectivity index (χ2v) is 21.0. The van der Waals surface area contributed by atoms with Crippen LogP contribution in [0.5, 0.6) is 0 Å². The molecule has 0 radical (unpaired) electrons. The minimum absolute atomic E-state index is 0.0127. The zero-order chi connectivity index (χ0) is 51.9. The van der Waals surface area contributed by atoms with Gasteiger partial charge in [-0.15, -0.1) is 0 Å². The fourth-order valence-corrected chi connectivity index (χ4v) is 10.6. The first kappa shape index (κ1) is 58.9. The van der Waals surface area contributed by atoms with E-state index in [9.17, 15) is 39.0 Å². The summed E-state index contributed by atoms with van der Waals surface area (Å²) in [6, 6.07) is 0. The zero-order valence-corrected chi connectivity index (χ0v) is 43.9. The van der Waals surface area contributed by atoms with Crippen molar-refractivity contribution in [2.45, 2.75) is 181 Å². The molecule has 0 aromatic carbocycles. The molecule has 2 N–H and O–H groups in total. The number of methoxy groups -OCH3 is 3. The van der Waals surface area contributed by atoms with Gasteiger partial charge in [0.15, 0.2) is 5.78 Å². The zero-order valence-electron chi connectivity index (χ0n) is 43.9. The Hall–Kier alpha value is -3.70. The Kier molecular flexibility index (Phi) is 23.5. The van der Waals surface area contributed by atoms with Gasteiger partial charge in [-0.1, -0.05) is 71.1 Å². The van der Waals surface area contributed by atoms with E-state index in [1.807, 2.05) is 58.1 Å². The number of aliphatic hydroxyl groups excluding tert-OH is 1. The van der Waals surface area contributed by atoms with Gasteiger partial charge < -0.3 is 43.5 Å². The van der Waals surface area contributed by atoms with E-state index in [0.717, 1.165) is 12.0 Å². The summed E-state index contributed by atoms with van der Waals surface area (Å²) in [6.07, 6.45) is 12.1. The fraction of sp³-hybridized carbons (Fsp3) is 0.745. The number of fused-ring (bicyclic) bond motifs is 4. The molecule has 1 amide bonds. The molecule has 0 aromatic heterocycles. The number of amides is 1. The van der Waals surface area contributed by atoms with Crippen LogP contribution in [-0.4, -0.2) is 140 Å². The smallest absolute Gasteiger partial charge is 0.311 e. The van der Waals surface area contributed by atoms with E-state index in [4.69, 9.17) is 28.4 Å². The van der Waals surface area contributed by atoms with Crippen LogP contribution in [0.25, 0.3) is 0 Å². The molecule has 15 atom stereocenters. The summed E-state index contributed by atoms with van der Waals surface area (Å²) in [6.45, 7) is 14.7. The second-order valence-electron chi connectivity index (χ2n) is 21.0. The lowest BCUT2D eigenvalue weighted by Crippen LogP contribution is -2.59. The van der Waals surface area contributed by atoms with Crippen molar-refractivity contribution in [1.29, 1.82) is 0 Å². The highest BCUT2D eigenvalue weighted by molar-refractivity contribution is 6.38. The van der Waals surface area contributed by atoms with Gasteiger partial charge in [0.05, 0.1) is 36.9 Å². The topological polar surface area (TPSA) is 201 Å². The Balaban J connectivity index is 1.64. The number of ketones is 4. The van der Waals surface area contributed by atoms with E-state index < -0.39 is 77.6 Å². The first-order chi connectivity index (χ1) is 33.1. The molecule has 3 aliphatic heterocycles. The Labute approximate surface area is 417 Å². The van der Waals surface area contributed by atoms with Crippen LogP contribution in [0.4, 0.5) is 0 Å². The van der Waals surface area contributed by atoms with Crippen LogP contribution >= 0.6 is 0 Å². The molecule has 3 heterocycles. The normalized spacial score (nSPS) is 37.6. The van der Waals surface area contributed by atoms with Crippen molar-refractivity contribution in [2.75, 3.05) is 41.0 Å². The van der Waals surface area contributed by atoms with Gasteiger partial charge in [-0.25, -0.2) is 0 Å². The third-order valence-corrected chi connectivity index (χ3v) is 15.2. The number of hydrogen-bond acceptors (Lipinski definition) is 14. The monoisotopic (exact) mass is 984 g/mol. The predicted molar refractivity (Wildman–Crippen MR) is 264 cm³/mol. The summed E-state index contributed by atoms with van der Waals surface area (Å²) < 4.78 is 35.8. The Bertz CT molecular complexity index is 1910. The molecular weight excluding hydrogens is 899 g/mol. The number of piperidine rings is 1. The second kappa shape index (κ2) is 27.9. The molecule has 3 fully saturated rings. The van der Waals surface area contributed by atoms with Crippen LogP contribution in [0.1, 0.15) is 132 Å². The number of carbonyl (C=O) groups excluding carboxylic acids is 6. The van der Waals surface area contributed by atoms with Gasteiger partial charge in [0.1, 0.15) is 29.9 Å². The summed E-state index contributed by atoms with van der Waals surface area (Å²) in [5, 5.41) is 23.3. The van der Waals surface area contributed by atoms with Gasteiger partial charge in [-0.2, -0.15) is 0 Å². The highest BCUT2D eigenvalue weighted by Gasteiger charge is 2.52. The number of hydrogen-bond donors (Lipinski definition) is 2. The van der Waals surface area contributed by atoms with Crippen molar-refractivity contribution < 1.29 is 67.4 Å². The highest BCUT2D eigenvalue weighted by atomic mass is 16.6. The molecule has 2 unspecified atom stereocenters. The van der Waals surface area contributed by atoms with E-state index in [2.05, 4.69) is 0 Å². The summed E-state index contributed by atoms with van der Waals surface area (Å²) in [4.78, 5) is 83.1. The predicted octanol–water partition coefficient (Wildman–Crippen LogP) is 7.04. The number of carbonyl (C=O) groups is 6. The van der Waals surface area contributed by atoms with Gasteiger partial charge in [-0.05, 0) is 107 Å². The summed E-state index contributed by atoms with van der Waals surface area (Å²) in [5.74, 6) is -8.18. The number of aliphatic hydroxyl groups is 2. The van der Waals surface area contributed by atoms with Gasteiger partial charge in [0.25, 0.3) is 11.7 Å². The summed E-state index contributed by atoms with van der Waals surface area (Å²) >= 11 is 0. The number of ether oxygens (including phenoxy) is 6. The number of cyclic esters (lactones) is 1. The maximum absolute atomic E-state index is 14.3. The number of rotatable bonds is 10. The van der Waals surface area contributed by atoms with Crippen molar-refractivity contribution in [2.24, 2.45) is 41.4 Å². The average molecular weight is 984 g/mol. The van der Waals surface area contributed by atoms with Gasteiger partial charge >= 0.3 is 5.97 Å². The van der Waals surface area contributed by atoms with Crippen LogP contribution in [-0.2, 0) is 57.2 Å². The van der Waals surface area contributed by atoms with Crippen LogP contribution in [0, 0.1) is 41.4 Å². The van der Waals surface area contributed by atoms with Crippen LogP contribution in [0.2, 0.25) is 0 Å². The molecule has 4 aliphatic rings. The number of Topliss-reactive ketones (excluding diaryl/α,β-unsaturated/α-hetero) is 4. The van der Waals surface area contributed by atoms with Gasteiger partial charge in [0.2, 0.25) is 5.79 Å². The van der Waals surface area contributed by atoms with Gasteiger partial charge in [0, 0.05) is 71.4 Å². The van der Waals surface area contributed by atoms with E-state index >= 15 is 0 Å². The lowest BCUT2D eigenvalue weighted by Gasteiger charge is -2.42. The molecule has 1 aliphatic carbocycles. The van der Waals surface area contributed by atoms with Crippen molar-refractivity contribution in [1.82, 2.24) is 4.90 Å². The molecule has 4 bridgehead atoms.